The first-order valence-electron chi connectivity index (χ1n) is 15.8. The molecule has 2 amide bonds. The van der Waals surface area contributed by atoms with Gasteiger partial charge in [-0.25, -0.2) is 14.2 Å². The van der Waals surface area contributed by atoms with E-state index in [1.54, 1.807) is 0 Å². The average Bonchev–Trinajstić information content (AvgIpc) is 3.82. The number of carboxylic acid groups (broad SMARTS) is 1. The zero-order valence-electron chi connectivity index (χ0n) is 25.6. The van der Waals surface area contributed by atoms with E-state index in [0.717, 1.165) is 68.6 Å². The summed E-state index contributed by atoms with van der Waals surface area (Å²) in [5.74, 6) is -3.16. The number of carbonyl (C=O) groups is 4. The molecule has 0 aromatic heterocycles. The molecule has 45 heavy (non-hydrogen) atoms. The fourth-order valence-electron chi connectivity index (χ4n) is 7.32. The van der Waals surface area contributed by atoms with Crippen molar-refractivity contribution in [2.75, 3.05) is 31.1 Å². The number of carbonyl (C=O) groups excluding carboxylic acids is 3. The van der Waals surface area contributed by atoms with Crippen molar-refractivity contribution in [2.24, 2.45) is 0 Å². The van der Waals surface area contributed by atoms with Crippen LogP contribution in [0.3, 0.4) is 0 Å². The minimum Gasteiger partial charge on any atom is -0.478 e. The van der Waals surface area contributed by atoms with Crippen molar-refractivity contribution in [3.8, 4) is 0 Å². The van der Waals surface area contributed by atoms with E-state index in [4.69, 9.17) is 4.84 Å². The Morgan fingerprint density at radius 2 is 1.60 bits per heavy atom. The minimum atomic E-state index is -2.29. The number of rotatable bonds is 5. The van der Waals surface area contributed by atoms with Crippen LogP contribution in [0.4, 0.5) is 5.69 Å². The first-order chi connectivity index (χ1) is 21.6. The molecule has 1 N–H and O–H groups in total. The Balaban J connectivity index is 1.43. The number of anilines is 1. The van der Waals surface area contributed by atoms with Gasteiger partial charge in [-0.15, -0.1) is 5.06 Å². The molecule has 230 valence electrons. The number of allylic oxidation sites excluding steroid dienone is 5. The largest absolute Gasteiger partial charge is 0.478 e. The van der Waals surface area contributed by atoms with E-state index in [1.165, 1.54) is 40.0 Å². The topological polar surface area (TPSA) is 107 Å². The number of fused-ring (bicyclic) bond motifs is 2. The van der Waals surface area contributed by atoms with E-state index in [2.05, 4.69) is 59.0 Å². The summed E-state index contributed by atoms with van der Waals surface area (Å²) in [5, 5.41) is 13.3. The number of aromatic carboxylic acids is 1. The summed E-state index contributed by atoms with van der Waals surface area (Å²) in [6.07, 6.45) is 11.2. The molecular weight excluding hydrogens is 586 g/mol. The van der Waals surface area contributed by atoms with Crippen LogP contribution < -0.4 is 10.1 Å². The fraction of sp³-hybridized carbons (Fsp3) is 0.343. The Morgan fingerprint density at radius 3 is 2.29 bits per heavy atom. The van der Waals surface area contributed by atoms with Gasteiger partial charge in [0.15, 0.2) is 5.71 Å². The third-order valence-corrected chi connectivity index (χ3v) is 13.3. The van der Waals surface area contributed by atoms with E-state index in [-0.39, 0.29) is 24.0 Å². The maximum atomic E-state index is 13.3. The average molecular weight is 623 g/mol. The molecule has 5 aliphatic rings. The van der Waals surface area contributed by atoms with Crippen molar-refractivity contribution in [3.05, 3.63) is 87.6 Å². The molecule has 3 saturated heterocycles. The minimum absolute atomic E-state index is 0.0146. The predicted molar refractivity (Wildman–Crippen MR) is 172 cm³/mol. The Morgan fingerprint density at radius 1 is 0.889 bits per heavy atom. The Labute approximate surface area is 262 Å². The van der Waals surface area contributed by atoms with Gasteiger partial charge in [0.05, 0.1) is 11.1 Å². The third kappa shape index (κ3) is 4.97. The van der Waals surface area contributed by atoms with Crippen LogP contribution >= 0.6 is 0 Å². The van der Waals surface area contributed by atoms with Gasteiger partial charge in [0.2, 0.25) is 0 Å². The Hall–Kier alpha value is -4.57. The first kappa shape index (κ1) is 29.2. The monoisotopic (exact) mass is 622 g/mol. The number of amides is 2. The van der Waals surface area contributed by atoms with Crippen LogP contribution in [0.15, 0.2) is 65.4 Å². The van der Waals surface area contributed by atoms with Crippen LogP contribution in [0.2, 0.25) is 13.1 Å². The molecule has 9 nitrogen and oxygen atoms in total. The molecule has 4 aliphatic heterocycles. The predicted octanol–water partition coefficient (Wildman–Crippen LogP) is 4.22. The molecule has 4 heterocycles. The molecule has 3 fully saturated rings. The lowest BCUT2D eigenvalue weighted by molar-refractivity contribution is -0.504. The van der Waals surface area contributed by atoms with Crippen molar-refractivity contribution in [1.29, 1.82) is 0 Å². The number of hydrogen-bond donors (Lipinski definition) is 1. The summed E-state index contributed by atoms with van der Waals surface area (Å²) in [7, 11) is -2.29. The first-order valence-corrected chi connectivity index (χ1v) is 18.8. The van der Waals surface area contributed by atoms with Gasteiger partial charge in [-0.1, -0.05) is 19.2 Å². The van der Waals surface area contributed by atoms with E-state index in [1.807, 2.05) is 0 Å². The number of benzene rings is 2. The summed E-state index contributed by atoms with van der Waals surface area (Å²) in [6, 6.07) is 10.9. The SMILES string of the molecule is C[Si]1(C)C2=CC(=[N+]3CCCC3)C=CC2=C(c2cc(C(=O)ON3C(=O)CCC3=O)ccc2C(=O)O)c2ccc(N3CCCC3)cc21. The van der Waals surface area contributed by atoms with Crippen LogP contribution in [-0.4, -0.2) is 78.5 Å². The lowest BCUT2D eigenvalue weighted by Gasteiger charge is -2.38. The van der Waals surface area contributed by atoms with Gasteiger partial charge < -0.3 is 14.8 Å². The van der Waals surface area contributed by atoms with E-state index in [9.17, 15) is 24.3 Å². The second-order valence-corrected chi connectivity index (χ2v) is 17.2. The normalized spacial score (nSPS) is 20.5. The number of hydroxylamine groups is 2. The quantitative estimate of drug-likeness (QED) is 0.302. The van der Waals surface area contributed by atoms with E-state index >= 15 is 0 Å². The maximum absolute atomic E-state index is 13.3. The highest BCUT2D eigenvalue weighted by Gasteiger charge is 2.42. The second-order valence-electron chi connectivity index (χ2n) is 12.9. The van der Waals surface area contributed by atoms with Crippen molar-refractivity contribution < 1.29 is 33.7 Å². The third-order valence-electron chi connectivity index (χ3n) is 9.77. The second kappa shape index (κ2) is 11.1. The van der Waals surface area contributed by atoms with E-state index < -0.39 is 31.8 Å². The summed E-state index contributed by atoms with van der Waals surface area (Å²) < 4.78 is 2.42. The number of hydrogen-bond acceptors (Lipinski definition) is 6. The summed E-state index contributed by atoms with van der Waals surface area (Å²) in [6.45, 7) is 8.79. The van der Waals surface area contributed by atoms with Crippen LogP contribution in [-0.2, 0) is 14.4 Å². The van der Waals surface area contributed by atoms with Crippen molar-refractivity contribution in [1.82, 2.24) is 5.06 Å². The van der Waals surface area contributed by atoms with Gasteiger partial charge in [0.1, 0.15) is 21.2 Å². The molecule has 0 unspecified atom stereocenters. The van der Waals surface area contributed by atoms with Crippen molar-refractivity contribution in [2.45, 2.75) is 51.6 Å². The smallest absolute Gasteiger partial charge is 0.363 e. The van der Waals surface area contributed by atoms with Gasteiger partial charge in [0.25, 0.3) is 11.8 Å². The molecule has 0 atom stereocenters. The number of nitrogens with zero attached hydrogens (tertiary/aromatic N) is 3. The number of carboxylic acids is 1. The van der Waals surface area contributed by atoms with Gasteiger partial charge in [0, 0.05) is 56.6 Å². The van der Waals surface area contributed by atoms with Crippen LogP contribution in [0.5, 0.6) is 0 Å². The molecule has 0 radical (unpaired) electrons. The van der Waals surface area contributed by atoms with Crippen molar-refractivity contribution in [3.63, 3.8) is 0 Å². The maximum Gasteiger partial charge on any atom is 0.363 e. The van der Waals surface area contributed by atoms with Gasteiger partial charge >= 0.3 is 11.9 Å². The zero-order valence-corrected chi connectivity index (χ0v) is 26.6. The molecule has 10 heteroatoms. The Bertz CT molecular complexity index is 1790. The summed E-state index contributed by atoms with van der Waals surface area (Å²) in [4.78, 5) is 57.8. The number of imide groups is 1. The zero-order chi connectivity index (χ0) is 31.5. The highest BCUT2D eigenvalue weighted by molar-refractivity contribution is 6.98. The van der Waals surface area contributed by atoms with Crippen LogP contribution in [0.25, 0.3) is 5.57 Å². The van der Waals surface area contributed by atoms with Crippen LogP contribution in [0, 0.1) is 0 Å². The molecule has 7 rings (SSSR count). The van der Waals surface area contributed by atoms with Gasteiger partial charge in [-0.2, -0.15) is 0 Å². The summed E-state index contributed by atoms with van der Waals surface area (Å²) in [5.41, 5.74) is 5.56. The molecule has 0 saturated carbocycles. The molecule has 0 spiro atoms. The van der Waals surface area contributed by atoms with Gasteiger partial charge in [-0.05, 0) is 81.9 Å². The standard InChI is InChI=1S/C35H35N3O6Si/c1-45(2)29-20-23(36-15-3-4-16-36)8-11-26(29)33(27-12-9-24(21-30(27)45)37-17-5-6-18-37)28-19-22(7-10-25(28)34(41)42)35(43)44-38-31(39)13-14-32(38)40/h7-12,19-21H,3-6,13-18H2,1-2H3/p+1. The molecule has 2 aromatic rings. The fourth-order valence-corrected chi connectivity index (χ4v) is 10.4. The molecule has 0 bridgehead atoms. The van der Waals surface area contributed by atoms with E-state index in [0.29, 0.717) is 10.6 Å². The summed E-state index contributed by atoms with van der Waals surface area (Å²) >= 11 is 0. The lowest BCUT2D eigenvalue weighted by atomic mass is 9.86. The van der Waals surface area contributed by atoms with Gasteiger partial charge in [-0.3, -0.25) is 9.59 Å². The molecule has 1 aliphatic carbocycles. The molecular formula is C35H36N3O6Si+. The highest BCUT2D eigenvalue weighted by atomic mass is 28.3. The molecule has 2 aromatic carbocycles. The van der Waals surface area contributed by atoms with Crippen LogP contribution in [0.1, 0.15) is 70.4 Å². The van der Waals surface area contributed by atoms with Crippen molar-refractivity contribution >= 4 is 54.0 Å². The Kier molecular flexibility index (Phi) is 7.19. The highest BCUT2D eigenvalue weighted by Crippen LogP contribution is 2.43. The lowest BCUT2D eigenvalue weighted by Crippen LogP contribution is -2.50.